The van der Waals surface area contributed by atoms with E-state index in [2.05, 4.69) is 5.32 Å². The van der Waals surface area contributed by atoms with Gasteiger partial charge in [0.25, 0.3) is 5.91 Å². The predicted molar refractivity (Wildman–Crippen MR) is 73.7 cm³/mol. The average molecular weight is 279 g/mol. The molecule has 4 nitrogen and oxygen atoms in total. The molecule has 0 spiro atoms. The number of nitrogens with one attached hydrogen (secondary N) is 1. The van der Waals surface area contributed by atoms with Gasteiger partial charge in [0, 0.05) is 24.1 Å². The van der Waals surface area contributed by atoms with E-state index in [1.807, 2.05) is 13.8 Å². The summed E-state index contributed by atoms with van der Waals surface area (Å²) in [7, 11) is 0. The molecule has 0 saturated carbocycles. The van der Waals surface area contributed by atoms with Crippen LogP contribution in [0.3, 0.4) is 0 Å². The molecule has 108 valence electrons. The zero-order valence-electron chi connectivity index (χ0n) is 11.6. The van der Waals surface area contributed by atoms with Crippen molar-refractivity contribution in [2.75, 3.05) is 19.8 Å². The lowest BCUT2D eigenvalue weighted by Gasteiger charge is -2.23. The van der Waals surface area contributed by atoms with Gasteiger partial charge in [0.15, 0.2) is 0 Å². The zero-order valence-corrected chi connectivity index (χ0v) is 11.6. The Morgan fingerprint density at radius 3 is 2.95 bits per heavy atom. The lowest BCUT2D eigenvalue weighted by molar-refractivity contribution is -0.118. The lowest BCUT2D eigenvalue weighted by atomic mass is 9.95. The first kappa shape index (κ1) is 14.5. The minimum Gasteiger partial charge on any atom is -0.488 e. The number of hydrogen-bond donors (Lipinski definition) is 2. The third-order valence-electron chi connectivity index (χ3n) is 3.13. The SMILES string of the molecule is CC(C)(CO)CNC(=O)C1=Cc2cc(F)ccc2OC1. The van der Waals surface area contributed by atoms with Gasteiger partial charge in [-0.3, -0.25) is 4.79 Å². The second-order valence-electron chi connectivity index (χ2n) is 5.65. The van der Waals surface area contributed by atoms with Gasteiger partial charge in [0.05, 0.1) is 5.57 Å². The largest absolute Gasteiger partial charge is 0.488 e. The van der Waals surface area contributed by atoms with Crippen LogP contribution in [0.4, 0.5) is 4.39 Å². The predicted octanol–water partition coefficient (Wildman–Crippen LogP) is 1.74. The van der Waals surface area contributed by atoms with E-state index in [0.717, 1.165) is 0 Å². The topological polar surface area (TPSA) is 58.6 Å². The normalized spacial score (nSPS) is 14.1. The number of benzene rings is 1. The summed E-state index contributed by atoms with van der Waals surface area (Å²) in [5, 5.41) is 11.9. The summed E-state index contributed by atoms with van der Waals surface area (Å²) < 4.78 is 18.6. The molecule has 20 heavy (non-hydrogen) atoms. The summed E-state index contributed by atoms with van der Waals surface area (Å²) in [5.41, 5.74) is 0.620. The highest BCUT2D eigenvalue weighted by molar-refractivity contribution is 5.99. The Morgan fingerprint density at radius 1 is 1.50 bits per heavy atom. The highest BCUT2D eigenvalue weighted by Crippen LogP contribution is 2.27. The number of halogens is 1. The molecule has 0 unspecified atom stereocenters. The van der Waals surface area contributed by atoms with E-state index in [1.54, 1.807) is 12.1 Å². The molecule has 5 heteroatoms. The van der Waals surface area contributed by atoms with E-state index in [-0.39, 0.29) is 30.4 Å². The highest BCUT2D eigenvalue weighted by Gasteiger charge is 2.21. The van der Waals surface area contributed by atoms with Gasteiger partial charge in [-0.05, 0) is 24.3 Å². The van der Waals surface area contributed by atoms with Crippen LogP contribution in [0.2, 0.25) is 0 Å². The molecule has 0 bridgehead atoms. The quantitative estimate of drug-likeness (QED) is 0.882. The molecule has 1 aromatic carbocycles. The number of fused-ring (bicyclic) bond motifs is 1. The second kappa shape index (κ2) is 5.63. The fraction of sp³-hybridized carbons (Fsp3) is 0.400. The van der Waals surface area contributed by atoms with Crippen LogP contribution in [-0.4, -0.2) is 30.8 Å². The van der Waals surface area contributed by atoms with Gasteiger partial charge in [-0.2, -0.15) is 0 Å². The molecule has 0 saturated heterocycles. The molecule has 1 aromatic rings. The molecular weight excluding hydrogens is 261 g/mol. The molecule has 0 atom stereocenters. The molecule has 0 aromatic heterocycles. The average Bonchev–Trinajstić information content (AvgIpc) is 2.44. The van der Waals surface area contributed by atoms with Gasteiger partial charge in [0.1, 0.15) is 18.2 Å². The van der Waals surface area contributed by atoms with Crippen molar-refractivity contribution in [2.24, 2.45) is 5.41 Å². The van der Waals surface area contributed by atoms with E-state index in [1.165, 1.54) is 12.1 Å². The van der Waals surface area contributed by atoms with Crippen LogP contribution in [0.25, 0.3) is 6.08 Å². The fourth-order valence-electron chi connectivity index (χ4n) is 1.77. The number of carbonyl (C=O) groups is 1. The summed E-state index contributed by atoms with van der Waals surface area (Å²) in [6.45, 7) is 4.20. The van der Waals surface area contributed by atoms with Crippen molar-refractivity contribution in [3.8, 4) is 5.75 Å². The molecule has 2 rings (SSSR count). The van der Waals surface area contributed by atoms with Crippen LogP contribution in [0.5, 0.6) is 5.75 Å². The van der Waals surface area contributed by atoms with E-state index in [0.29, 0.717) is 23.4 Å². The van der Waals surface area contributed by atoms with Crippen LogP contribution in [0.15, 0.2) is 23.8 Å². The number of hydrogen-bond acceptors (Lipinski definition) is 3. The molecular formula is C15H18FNO3. The third-order valence-corrected chi connectivity index (χ3v) is 3.13. The number of rotatable bonds is 4. The summed E-state index contributed by atoms with van der Waals surface area (Å²) in [6.07, 6.45) is 1.63. The van der Waals surface area contributed by atoms with Gasteiger partial charge in [-0.1, -0.05) is 13.8 Å². The second-order valence-corrected chi connectivity index (χ2v) is 5.65. The Bertz CT molecular complexity index is 552. The molecule has 2 N–H and O–H groups in total. The summed E-state index contributed by atoms with van der Waals surface area (Å²) in [4.78, 5) is 12.0. The van der Waals surface area contributed by atoms with Gasteiger partial charge in [-0.15, -0.1) is 0 Å². The van der Waals surface area contributed by atoms with Crippen LogP contribution in [0, 0.1) is 11.2 Å². The first-order valence-corrected chi connectivity index (χ1v) is 6.43. The monoisotopic (exact) mass is 279 g/mol. The molecule has 1 aliphatic rings. The minimum absolute atomic E-state index is 0.0170. The maximum absolute atomic E-state index is 13.2. The highest BCUT2D eigenvalue weighted by atomic mass is 19.1. The smallest absolute Gasteiger partial charge is 0.250 e. The fourth-order valence-corrected chi connectivity index (χ4v) is 1.77. The number of ether oxygens (including phenoxy) is 1. The van der Waals surface area contributed by atoms with Crippen LogP contribution in [0.1, 0.15) is 19.4 Å². The number of aliphatic hydroxyl groups is 1. The lowest BCUT2D eigenvalue weighted by Crippen LogP contribution is -2.37. The van der Waals surface area contributed by atoms with E-state index in [4.69, 9.17) is 9.84 Å². The van der Waals surface area contributed by atoms with Crippen molar-refractivity contribution in [2.45, 2.75) is 13.8 Å². The number of aliphatic hydroxyl groups excluding tert-OH is 1. The van der Waals surface area contributed by atoms with Crippen molar-refractivity contribution in [3.05, 3.63) is 35.2 Å². The van der Waals surface area contributed by atoms with Gasteiger partial charge in [0.2, 0.25) is 0 Å². The Hall–Kier alpha value is -1.88. The molecule has 1 amide bonds. The standard InChI is InChI=1S/C15H18FNO3/c1-15(2,9-18)8-17-14(19)11-5-10-6-12(16)3-4-13(10)20-7-11/h3-6,18H,7-9H2,1-2H3,(H,17,19). The van der Waals surface area contributed by atoms with Gasteiger partial charge >= 0.3 is 0 Å². The Morgan fingerprint density at radius 2 is 2.25 bits per heavy atom. The van der Waals surface area contributed by atoms with Crippen LogP contribution in [-0.2, 0) is 4.79 Å². The maximum atomic E-state index is 13.2. The van der Waals surface area contributed by atoms with Crippen molar-refractivity contribution in [1.82, 2.24) is 5.32 Å². The van der Waals surface area contributed by atoms with E-state index < -0.39 is 0 Å². The molecule has 0 radical (unpaired) electrons. The van der Waals surface area contributed by atoms with Crippen LogP contribution < -0.4 is 10.1 Å². The number of carbonyl (C=O) groups excluding carboxylic acids is 1. The van der Waals surface area contributed by atoms with Crippen molar-refractivity contribution < 1.29 is 19.0 Å². The van der Waals surface area contributed by atoms with Crippen molar-refractivity contribution in [3.63, 3.8) is 0 Å². The Kier molecular flexibility index (Phi) is 4.09. The minimum atomic E-state index is -0.379. The van der Waals surface area contributed by atoms with Crippen molar-refractivity contribution in [1.29, 1.82) is 0 Å². The first-order valence-electron chi connectivity index (χ1n) is 6.43. The zero-order chi connectivity index (χ0) is 14.8. The van der Waals surface area contributed by atoms with E-state index >= 15 is 0 Å². The summed E-state index contributed by atoms with van der Waals surface area (Å²) in [5.74, 6) is -0.0632. The summed E-state index contributed by atoms with van der Waals surface area (Å²) >= 11 is 0. The number of amides is 1. The third kappa shape index (κ3) is 3.36. The maximum Gasteiger partial charge on any atom is 0.250 e. The Labute approximate surface area is 117 Å². The van der Waals surface area contributed by atoms with Crippen LogP contribution >= 0.6 is 0 Å². The van der Waals surface area contributed by atoms with Crippen molar-refractivity contribution >= 4 is 12.0 Å². The first-order chi connectivity index (χ1) is 9.41. The van der Waals surface area contributed by atoms with Gasteiger partial charge < -0.3 is 15.2 Å². The molecule has 0 aliphatic carbocycles. The van der Waals surface area contributed by atoms with E-state index in [9.17, 15) is 9.18 Å². The Balaban J connectivity index is 2.08. The van der Waals surface area contributed by atoms with Gasteiger partial charge in [-0.25, -0.2) is 4.39 Å². The summed E-state index contributed by atoms with van der Waals surface area (Å²) in [6, 6.07) is 4.20. The molecule has 0 fully saturated rings. The molecule has 1 aliphatic heterocycles. The molecule has 1 heterocycles.